The van der Waals surface area contributed by atoms with Gasteiger partial charge in [-0.05, 0) is 287 Å². The van der Waals surface area contributed by atoms with Gasteiger partial charge in [-0.2, -0.15) is 38.5 Å². The minimum atomic E-state index is -0.717. The van der Waals surface area contributed by atoms with Gasteiger partial charge in [-0.1, -0.05) is 217 Å². The molecule has 5 saturated carbocycles. The average molecular weight is 2160 g/mol. The van der Waals surface area contributed by atoms with E-state index in [1.807, 2.05) is 267 Å². The molecule has 8 N–H and O–H groups in total. The van der Waals surface area contributed by atoms with Crippen molar-refractivity contribution in [1.82, 2.24) is 36.2 Å². The zero-order valence-electron chi connectivity index (χ0n) is 87.5. The zero-order chi connectivity index (χ0) is 106. The van der Waals surface area contributed by atoms with Crippen molar-refractivity contribution in [2.75, 3.05) is 5.32 Å². The molecule has 5 fully saturated rings. The van der Waals surface area contributed by atoms with Crippen LogP contribution in [0, 0.1) is 31.0 Å². The van der Waals surface area contributed by atoms with Gasteiger partial charge in [0.05, 0.1) is 56.6 Å². The van der Waals surface area contributed by atoms with Gasteiger partial charge in [0.1, 0.15) is 44.0 Å². The van der Waals surface area contributed by atoms with Crippen LogP contribution >= 0.6 is 46.4 Å². The number of aldehydes is 1. The Balaban J connectivity index is 0.000000455. The normalized spacial score (nSPS) is 14.4. The molecule has 5 aliphatic rings. The summed E-state index contributed by atoms with van der Waals surface area (Å²) in [5, 5.41) is 25.8. The fourth-order valence-corrected chi connectivity index (χ4v) is 16.6. The van der Waals surface area contributed by atoms with E-state index in [1.54, 1.807) is 51.1 Å². The Morgan fingerprint density at radius 2 is 0.764 bits per heavy atom. The van der Waals surface area contributed by atoms with Gasteiger partial charge in [-0.25, -0.2) is 54.8 Å². The van der Waals surface area contributed by atoms with E-state index < -0.39 is 51.6 Å². The van der Waals surface area contributed by atoms with Gasteiger partial charge in [-0.15, -0.1) is 12.1 Å². The minimum absolute atomic E-state index is 0. The summed E-state index contributed by atoms with van der Waals surface area (Å²) in [7, 11) is 0. The molecular weight excluding hydrogens is 2020 g/mol. The number of aliphatic carboxylic acids is 1. The number of hydrogen-bond donors (Lipinski definition) is 8. The van der Waals surface area contributed by atoms with Crippen LogP contribution in [0.15, 0.2) is 243 Å². The fraction of sp³-hybridized carbons (Fsp3) is 0.374. The second-order valence-corrected chi connectivity index (χ2v) is 42.3. The molecule has 782 valence electrons. The smallest absolute Gasteiger partial charge is 1.00 e. The number of benzene rings is 8. The van der Waals surface area contributed by atoms with E-state index in [0.717, 1.165) is 169 Å². The summed E-state index contributed by atoms with van der Waals surface area (Å²) in [6, 6.07) is 76.6. The average Bonchev–Trinajstić information content (AvgIpc) is 0.756. The molecule has 3 aromatic heterocycles. The van der Waals surface area contributed by atoms with E-state index in [4.69, 9.17) is 92.7 Å². The quantitative estimate of drug-likeness (QED) is 0.00798. The SMILES string of the molecule is CC(C)(C)OC(=O)NC1(c2ccc(-c3nc4ccc(Cl)nc4cc3-c3ccccc3)cc2)CCC1.CC(C)(C)OC(=O)NC1(c2ccc(C(=O)Cc3ccccc3)cc2)CCC1.CC(C)(C)OC(=O)NC1(c2ccc(Cl)cc2)CCC1.CC(C)(C)OC(=O)Nc1ccc(Cl)nc1C=O.C[CH-]C.N=N.O=C(O)C1(c2ccc(Cl)cc2)CCC1.[C-]#[N+]c1ccc(C2(NC(=O)OC(C)(C)C)CCC2)cc1.[CH2-]c1ccccc1.[Cl-].[Cl-].[HH].[Mg+2].[Mg+2]. The van der Waals surface area contributed by atoms with Crippen LogP contribution in [0.4, 0.5) is 35.3 Å². The number of amides is 5. The second-order valence-electron chi connectivity index (χ2n) is 40.7. The Hall–Kier alpha value is -11.1. The number of ketones is 1. The molecule has 33 heteroatoms. The first-order valence-corrected chi connectivity index (χ1v) is 49.5. The van der Waals surface area contributed by atoms with Crippen molar-refractivity contribution < 1.29 is 93.4 Å². The molecule has 5 amide bonds. The summed E-state index contributed by atoms with van der Waals surface area (Å²) < 4.78 is 26.7. The summed E-state index contributed by atoms with van der Waals surface area (Å²) in [5.41, 5.74) is 19.6. The Morgan fingerprint density at radius 1 is 0.432 bits per heavy atom. The van der Waals surface area contributed by atoms with Gasteiger partial charge in [0.25, 0.3) is 0 Å². The number of hydrogen-bond acceptors (Lipinski definition) is 18. The molecule has 0 radical (unpaired) electrons. The van der Waals surface area contributed by atoms with Crippen molar-refractivity contribution in [3.63, 3.8) is 0 Å². The molecule has 148 heavy (non-hydrogen) atoms. The maximum Gasteiger partial charge on any atom is 2.00 e. The van der Waals surface area contributed by atoms with Crippen LogP contribution in [-0.4, -0.2) is 143 Å². The second kappa shape index (κ2) is 58.9. The number of ether oxygens (including phenoxy) is 5. The summed E-state index contributed by atoms with van der Waals surface area (Å²) in [6.07, 6.45) is 14.8. The Kier molecular flexibility index (Phi) is 51.4. The van der Waals surface area contributed by atoms with Crippen molar-refractivity contribution in [3.8, 4) is 22.4 Å². The van der Waals surface area contributed by atoms with Crippen molar-refractivity contribution in [3.05, 3.63) is 338 Å². The predicted molar refractivity (Wildman–Crippen MR) is 585 cm³/mol. The number of nitrogens with zero attached hydrogens (tertiary/aromatic N) is 4. The van der Waals surface area contributed by atoms with Gasteiger partial charge in [0.15, 0.2) is 17.8 Å². The summed E-state index contributed by atoms with van der Waals surface area (Å²) in [4.78, 5) is 111. The number of carbonyl (C=O) groups excluding carboxylic acids is 7. The molecule has 0 aliphatic heterocycles. The fourth-order valence-electron chi connectivity index (χ4n) is 16.0. The van der Waals surface area contributed by atoms with Crippen LogP contribution in [-0.2, 0) is 62.5 Å². The third-order valence-electron chi connectivity index (χ3n) is 23.6. The van der Waals surface area contributed by atoms with Crippen molar-refractivity contribution in [2.45, 2.75) is 276 Å². The number of fused-ring (bicyclic) bond motifs is 1. The van der Waals surface area contributed by atoms with E-state index in [0.29, 0.717) is 39.2 Å². The molecule has 5 aliphatic carbocycles. The van der Waals surface area contributed by atoms with E-state index in [9.17, 15) is 43.5 Å². The minimum Gasteiger partial charge on any atom is -1.00 e. The maximum atomic E-state index is 12.5. The Bertz CT molecular complexity index is 6140. The molecule has 0 unspecified atom stereocenters. The van der Waals surface area contributed by atoms with Crippen molar-refractivity contribution in [1.29, 1.82) is 11.1 Å². The van der Waals surface area contributed by atoms with Gasteiger partial charge in [-0.3, -0.25) is 19.7 Å². The molecule has 0 spiro atoms. The zero-order valence-corrected chi connectivity index (χ0v) is 94.9. The number of alkyl carbamates (subject to hydrolysis) is 4. The van der Waals surface area contributed by atoms with Gasteiger partial charge >= 0.3 is 82.5 Å². The number of carbonyl (C=O) groups is 8. The van der Waals surface area contributed by atoms with Crippen LogP contribution in [0.3, 0.4) is 0 Å². The predicted octanol–water partition coefficient (Wildman–Crippen LogP) is 23.9. The van der Waals surface area contributed by atoms with Crippen molar-refractivity contribution in [2.24, 2.45) is 0 Å². The monoisotopic (exact) mass is 2150 g/mol. The van der Waals surface area contributed by atoms with Crippen LogP contribution in [0.1, 0.15) is 275 Å². The van der Waals surface area contributed by atoms with E-state index in [1.165, 1.54) is 12.1 Å². The Labute approximate surface area is 938 Å². The number of halogens is 6. The number of anilines is 1. The molecule has 0 atom stereocenters. The number of nitrogens with one attached hydrogen (secondary N) is 7. The molecule has 3 heterocycles. The van der Waals surface area contributed by atoms with Gasteiger partial charge in [0.2, 0.25) is 0 Å². The molecule has 11 aromatic rings. The number of Topliss-reactive ketones (excluding diaryl/α,β-unsaturated/α-hetero) is 1. The van der Waals surface area contributed by atoms with Crippen LogP contribution in [0.5, 0.6) is 0 Å². The molecule has 0 saturated heterocycles. The first-order valence-electron chi connectivity index (χ1n) is 48.0. The topological polar surface area (TPSA) is 354 Å². The maximum absolute atomic E-state index is 12.5. The molecular formula is C115H137Cl6Mg2N11O14. The van der Waals surface area contributed by atoms with Gasteiger partial charge in [0, 0.05) is 34.6 Å². The third kappa shape index (κ3) is 40.0. The van der Waals surface area contributed by atoms with Gasteiger partial charge < -0.3 is 81.3 Å². The summed E-state index contributed by atoms with van der Waals surface area (Å²) >= 11 is 23.4. The number of carboxylic acid groups (broad SMARTS) is 1. The summed E-state index contributed by atoms with van der Waals surface area (Å²) in [5.74, 6) is -0.624. The Morgan fingerprint density at radius 3 is 1.09 bits per heavy atom. The standard InChI is InChI=1S/C29H28ClN3O2.C23H27NO3.C16H20N2O2.C15H20ClNO2.C11H13ClN2O3.C11H11ClO2.C7H7.C3H7.2ClH.2Mg.H2N2.H2/c1-28(2,3)35-27(34)33-29(16-7-17-29)21-12-10-20(11-13-21)26-22(19-8-5-4-6-9-19)18-24-23(32-26)14-15-25(30)31-24;1-22(2,3)27-21(26)24-23(14-7-15-23)19-12-10-18(11-13-19)20(25)16-17-8-5-4-6-9-17;1-15(2,3)20-14(19)18-16(10-5-11-16)12-6-8-13(17-4)9-7-12;1-14(2,3)19-13(18)17-15(9-4-10-15)11-5-7-12(16)8-6-11;1-11(2,3)17-10(16)14-7-4-5-9(12)13-8(7)6-15;12-9-4-2-8(3-5-9)11(10(13)14)6-1-7-11;1-7-5-3-2-4-6-7;1-3-2;;;;;1-2;/h4-6,8-15,18H,7,16-17H2,1-3H3,(H,33,34);4-6,8-13H,7,14-16H2,1-3H3,(H,24,26);6-9H,5,10-11H2,1-3H3,(H,18,19);5-8H,4,9-10H2,1-3H3,(H,17,18);4-6H,1-3H3,(H,14,16);2-5H,1,6-7H2,(H,13,14);2-6H,1H2;3H,1-2H3;2*1H;;;1-2H;1H/q;;;;;;2*-1;;;2*+2;;/p-2. The molecule has 8 aromatic carbocycles. The van der Waals surface area contributed by atoms with E-state index >= 15 is 0 Å². The molecule has 0 bridgehead atoms. The van der Waals surface area contributed by atoms with E-state index in [-0.39, 0.29) is 135 Å². The molecule has 16 rings (SSSR count). The number of aromatic nitrogens is 3. The largest absolute Gasteiger partial charge is 2.00 e. The van der Waals surface area contributed by atoms with Crippen LogP contribution < -0.4 is 51.4 Å². The first kappa shape index (κ1) is 129. The summed E-state index contributed by atoms with van der Waals surface area (Å²) in [6.45, 7) is 42.3. The number of rotatable bonds is 17. The van der Waals surface area contributed by atoms with Crippen molar-refractivity contribution >= 4 is 163 Å². The number of carboxylic acids is 1. The van der Waals surface area contributed by atoms with E-state index in [2.05, 4.69) is 84.7 Å². The van der Waals surface area contributed by atoms with Crippen LogP contribution in [0.2, 0.25) is 20.4 Å². The molecule has 25 nitrogen and oxygen atoms in total. The third-order valence-corrected chi connectivity index (χ3v) is 24.6. The number of pyridine rings is 3. The first-order chi connectivity index (χ1) is 67.9. The van der Waals surface area contributed by atoms with Crippen LogP contribution in [0.25, 0.3) is 38.3 Å².